The first kappa shape index (κ1) is 17.5. The van der Waals surface area contributed by atoms with Crippen LogP contribution in [0, 0.1) is 5.41 Å². The number of hydrogen-bond acceptors (Lipinski definition) is 4. The van der Waals surface area contributed by atoms with Crippen LogP contribution in [0.1, 0.15) is 46.5 Å². The first-order valence-electron chi connectivity index (χ1n) is 7.55. The van der Waals surface area contributed by atoms with Crippen LogP contribution >= 0.6 is 0 Å². The maximum absolute atomic E-state index is 12.2. The Morgan fingerprint density at radius 2 is 1.76 bits per heavy atom. The average molecular weight is 294 g/mol. The first-order valence-corrected chi connectivity index (χ1v) is 7.55. The molecule has 1 aromatic rings. The molecule has 118 valence electrons. The van der Waals surface area contributed by atoms with E-state index in [1.54, 1.807) is 24.3 Å². The summed E-state index contributed by atoms with van der Waals surface area (Å²) < 4.78 is 10.8. The molecule has 0 aromatic heterocycles. The number of aliphatic hydroxyl groups is 1. The van der Waals surface area contributed by atoms with Crippen molar-refractivity contribution in [1.29, 1.82) is 0 Å². The number of carbonyl (C=O) groups is 1. The maximum Gasteiger partial charge on any atom is 0.316 e. The fourth-order valence-corrected chi connectivity index (χ4v) is 1.82. The third-order valence-corrected chi connectivity index (χ3v) is 3.31. The molecule has 4 nitrogen and oxygen atoms in total. The van der Waals surface area contributed by atoms with Crippen molar-refractivity contribution in [2.24, 2.45) is 5.41 Å². The Hall–Kier alpha value is -1.55. The van der Waals surface area contributed by atoms with Crippen LogP contribution in [0.3, 0.4) is 0 Å². The third-order valence-electron chi connectivity index (χ3n) is 3.31. The quantitative estimate of drug-likeness (QED) is 0.430. The Labute approximate surface area is 127 Å². The lowest BCUT2D eigenvalue weighted by molar-refractivity contribution is -0.144. The predicted octanol–water partition coefficient (Wildman–Crippen LogP) is 3.57. The third kappa shape index (κ3) is 6.17. The van der Waals surface area contributed by atoms with E-state index in [1.807, 2.05) is 13.8 Å². The zero-order chi connectivity index (χ0) is 15.7. The molecule has 1 N–H and O–H groups in total. The maximum atomic E-state index is 12.2. The van der Waals surface area contributed by atoms with Crippen LogP contribution < -0.4 is 9.47 Å². The standard InChI is InChI=1S/C17H26O4/c1-4-5-11-17(2,3)16(19)21-15-9-7-14(8-10-15)20-13-6-12-18/h7-10,18H,4-6,11-13H2,1-3H3. The second-order valence-electron chi connectivity index (χ2n) is 5.77. The molecule has 0 atom stereocenters. The minimum atomic E-state index is -0.466. The van der Waals surface area contributed by atoms with E-state index < -0.39 is 5.41 Å². The van der Waals surface area contributed by atoms with Crippen LogP contribution in [0.4, 0.5) is 0 Å². The van der Waals surface area contributed by atoms with E-state index in [0.717, 1.165) is 19.3 Å². The minimum absolute atomic E-state index is 0.114. The van der Waals surface area contributed by atoms with Gasteiger partial charge in [-0.1, -0.05) is 19.8 Å². The number of carbonyl (C=O) groups excluding carboxylic acids is 1. The lowest BCUT2D eigenvalue weighted by Crippen LogP contribution is -2.28. The Morgan fingerprint density at radius 1 is 1.14 bits per heavy atom. The average Bonchev–Trinajstić information content (AvgIpc) is 2.47. The van der Waals surface area contributed by atoms with Crippen molar-refractivity contribution in [3.63, 3.8) is 0 Å². The van der Waals surface area contributed by atoms with Gasteiger partial charge in [-0.2, -0.15) is 0 Å². The van der Waals surface area contributed by atoms with Crippen molar-refractivity contribution in [2.45, 2.75) is 46.5 Å². The van der Waals surface area contributed by atoms with Gasteiger partial charge in [0, 0.05) is 13.0 Å². The first-order chi connectivity index (χ1) is 9.99. The van der Waals surface area contributed by atoms with Crippen LogP contribution in [-0.2, 0) is 4.79 Å². The molecule has 21 heavy (non-hydrogen) atoms. The van der Waals surface area contributed by atoms with Gasteiger partial charge in [0.05, 0.1) is 12.0 Å². The Bertz CT molecular complexity index is 423. The number of rotatable bonds is 9. The molecule has 0 fully saturated rings. The van der Waals surface area contributed by atoms with E-state index in [4.69, 9.17) is 14.6 Å². The second kappa shape index (κ2) is 8.67. The highest BCUT2D eigenvalue weighted by atomic mass is 16.5. The van der Waals surface area contributed by atoms with Crippen molar-refractivity contribution >= 4 is 5.97 Å². The molecule has 0 radical (unpaired) electrons. The Kier molecular flexibility index (Phi) is 7.23. The SMILES string of the molecule is CCCCC(C)(C)C(=O)Oc1ccc(OCCCO)cc1. The van der Waals surface area contributed by atoms with Crippen LogP contribution in [0.25, 0.3) is 0 Å². The Balaban J connectivity index is 2.52. The van der Waals surface area contributed by atoms with Crippen molar-refractivity contribution in [3.05, 3.63) is 24.3 Å². The van der Waals surface area contributed by atoms with Crippen molar-refractivity contribution in [2.75, 3.05) is 13.2 Å². The summed E-state index contributed by atoms with van der Waals surface area (Å²) in [5, 5.41) is 8.69. The van der Waals surface area contributed by atoms with Gasteiger partial charge in [-0.25, -0.2) is 0 Å². The zero-order valence-electron chi connectivity index (χ0n) is 13.2. The minimum Gasteiger partial charge on any atom is -0.494 e. The highest BCUT2D eigenvalue weighted by Crippen LogP contribution is 2.27. The predicted molar refractivity (Wildman–Crippen MR) is 82.6 cm³/mol. The number of benzene rings is 1. The highest BCUT2D eigenvalue weighted by molar-refractivity contribution is 5.78. The molecule has 4 heteroatoms. The van der Waals surface area contributed by atoms with Crippen LogP contribution in [-0.4, -0.2) is 24.3 Å². The molecule has 0 amide bonds. The molecule has 0 unspecified atom stereocenters. The normalized spacial score (nSPS) is 11.2. The molecular formula is C17H26O4. The summed E-state index contributed by atoms with van der Waals surface area (Å²) >= 11 is 0. The largest absolute Gasteiger partial charge is 0.494 e. The van der Waals surface area contributed by atoms with Gasteiger partial charge >= 0.3 is 5.97 Å². The van der Waals surface area contributed by atoms with Gasteiger partial charge < -0.3 is 14.6 Å². The fraction of sp³-hybridized carbons (Fsp3) is 0.588. The molecule has 0 heterocycles. The van der Waals surface area contributed by atoms with Gasteiger partial charge in [-0.05, 0) is 44.5 Å². The van der Waals surface area contributed by atoms with E-state index in [0.29, 0.717) is 24.5 Å². The van der Waals surface area contributed by atoms with E-state index in [9.17, 15) is 4.79 Å². The zero-order valence-corrected chi connectivity index (χ0v) is 13.2. The summed E-state index contributed by atoms with van der Waals surface area (Å²) in [6.45, 7) is 6.52. The van der Waals surface area contributed by atoms with Crippen LogP contribution in [0.5, 0.6) is 11.5 Å². The molecular weight excluding hydrogens is 268 g/mol. The Morgan fingerprint density at radius 3 is 2.33 bits per heavy atom. The molecule has 0 saturated carbocycles. The van der Waals surface area contributed by atoms with Crippen LogP contribution in [0.2, 0.25) is 0 Å². The van der Waals surface area contributed by atoms with Gasteiger partial charge in [0.25, 0.3) is 0 Å². The molecule has 0 saturated heterocycles. The van der Waals surface area contributed by atoms with Crippen molar-refractivity contribution in [3.8, 4) is 11.5 Å². The summed E-state index contributed by atoms with van der Waals surface area (Å²) in [6, 6.07) is 6.97. The summed E-state index contributed by atoms with van der Waals surface area (Å²) in [5.74, 6) is 1.03. The van der Waals surface area contributed by atoms with Gasteiger partial charge in [-0.3, -0.25) is 4.79 Å². The van der Waals surface area contributed by atoms with Crippen molar-refractivity contribution < 1.29 is 19.4 Å². The molecule has 1 aromatic carbocycles. The smallest absolute Gasteiger partial charge is 0.316 e. The van der Waals surface area contributed by atoms with Crippen molar-refractivity contribution in [1.82, 2.24) is 0 Å². The number of aliphatic hydroxyl groups excluding tert-OH is 1. The number of unbranched alkanes of at least 4 members (excludes halogenated alkanes) is 1. The summed E-state index contributed by atoms with van der Waals surface area (Å²) in [6.07, 6.45) is 3.50. The second-order valence-corrected chi connectivity index (χ2v) is 5.77. The summed E-state index contributed by atoms with van der Waals surface area (Å²) in [4.78, 5) is 12.2. The van der Waals surface area contributed by atoms with E-state index in [-0.39, 0.29) is 12.6 Å². The lowest BCUT2D eigenvalue weighted by Gasteiger charge is -2.22. The van der Waals surface area contributed by atoms with E-state index >= 15 is 0 Å². The summed E-state index contributed by atoms with van der Waals surface area (Å²) in [7, 11) is 0. The molecule has 0 aliphatic heterocycles. The van der Waals surface area contributed by atoms with Gasteiger partial charge in [-0.15, -0.1) is 0 Å². The molecule has 0 spiro atoms. The molecule has 0 bridgehead atoms. The van der Waals surface area contributed by atoms with E-state index in [2.05, 4.69) is 6.92 Å². The number of hydrogen-bond donors (Lipinski definition) is 1. The van der Waals surface area contributed by atoms with Gasteiger partial charge in [0.2, 0.25) is 0 Å². The molecule has 0 aliphatic carbocycles. The monoisotopic (exact) mass is 294 g/mol. The van der Waals surface area contributed by atoms with Gasteiger partial charge in [0.15, 0.2) is 0 Å². The fourth-order valence-electron chi connectivity index (χ4n) is 1.82. The topological polar surface area (TPSA) is 55.8 Å². The van der Waals surface area contributed by atoms with E-state index in [1.165, 1.54) is 0 Å². The van der Waals surface area contributed by atoms with Crippen LogP contribution in [0.15, 0.2) is 24.3 Å². The molecule has 1 rings (SSSR count). The lowest BCUT2D eigenvalue weighted by atomic mass is 9.87. The van der Waals surface area contributed by atoms with Gasteiger partial charge in [0.1, 0.15) is 11.5 Å². The highest BCUT2D eigenvalue weighted by Gasteiger charge is 2.29. The number of esters is 1. The summed E-state index contributed by atoms with van der Waals surface area (Å²) in [5.41, 5.74) is -0.466. The number of ether oxygens (including phenoxy) is 2. The molecule has 0 aliphatic rings.